The van der Waals surface area contributed by atoms with Gasteiger partial charge in [-0.2, -0.15) is 0 Å². The van der Waals surface area contributed by atoms with Gasteiger partial charge >= 0.3 is 0 Å². The third kappa shape index (κ3) is 4.90. The highest BCUT2D eigenvalue weighted by atomic mass is 15.0. The highest BCUT2D eigenvalue weighted by Gasteiger charge is 2.17. The summed E-state index contributed by atoms with van der Waals surface area (Å²) in [6, 6.07) is 69.6. The van der Waals surface area contributed by atoms with Crippen LogP contribution in [-0.2, 0) is 0 Å². The van der Waals surface area contributed by atoms with Crippen LogP contribution in [0.5, 0.6) is 0 Å². The molecule has 0 atom stereocenters. The van der Waals surface area contributed by atoms with Gasteiger partial charge in [0, 0.05) is 44.3 Å². The van der Waals surface area contributed by atoms with Gasteiger partial charge in [-0.05, 0) is 95.1 Å². The summed E-state index contributed by atoms with van der Waals surface area (Å²) >= 11 is 0. The fraction of sp³-hybridized carbons (Fsp3) is 0. The predicted molar refractivity (Wildman–Crippen MR) is 216 cm³/mol. The topological polar surface area (TPSA) is 21.9 Å². The second-order valence-electron chi connectivity index (χ2n) is 13.1. The number of rotatable bonds is 6. The Morgan fingerprint density at radius 3 is 1.65 bits per heavy atom. The Labute approximate surface area is 296 Å². The molecule has 8 aromatic carbocycles. The maximum absolute atomic E-state index is 3.70. The second kappa shape index (κ2) is 11.9. The van der Waals surface area contributed by atoms with Crippen molar-refractivity contribution in [3.63, 3.8) is 0 Å². The minimum absolute atomic E-state index is 1.05. The first-order valence-corrected chi connectivity index (χ1v) is 17.4. The largest absolute Gasteiger partial charge is 0.355 e. The Hall–Kier alpha value is -6.84. The van der Waals surface area contributed by atoms with Crippen molar-refractivity contribution in [1.82, 2.24) is 9.13 Å². The lowest BCUT2D eigenvalue weighted by Gasteiger charge is -2.11. The van der Waals surface area contributed by atoms with E-state index in [4.69, 9.17) is 0 Å². The zero-order valence-corrected chi connectivity index (χ0v) is 27.9. The standard InChI is InChI=1S/C48H33N3/c1-4-13-34(14-5-1)40-20-12-22-46-48(40)42-29-28-37(32-47(42)51(46)39-17-8-3-9-18-39)49-36-26-23-33(24-27-36)35-25-30-45-43(31-35)41-19-10-11-21-44(41)50(45)38-15-6-2-7-16-38/h1-32,49H. The van der Waals surface area contributed by atoms with Gasteiger partial charge in [0.2, 0.25) is 0 Å². The number of nitrogens with one attached hydrogen (secondary N) is 1. The molecule has 0 amide bonds. The van der Waals surface area contributed by atoms with Crippen molar-refractivity contribution in [2.45, 2.75) is 0 Å². The zero-order valence-electron chi connectivity index (χ0n) is 27.9. The maximum atomic E-state index is 3.70. The number of hydrogen-bond donors (Lipinski definition) is 1. The van der Waals surface area contributed by atoms with E-state index in [1.54, 1.807) is 0 Å². The van der Waals surface area contributed by atoms with Gasteiger partial charge in [-0.3, -0.25) is 0 Å². The number of para-hydroxylation sites is 3. The van der Waals surface area contributed by atoms with Crippen LogP contribution in [0.2, 0.25) is 0 Å². The first-order valence-electron chi connectivity index (χ1n) is 17.4. The van der Waals surface area contributed by atoms with Crippen molar-refractivity contribution < 1.29 is 0 Å². The highest BCUT2D eigenvalue weighted by Crippen LogP contribution is 2.40. The van der Waals surface area contributed by atoms with Gasteiger partial charge in [0.05, 0.1) is 22.1 Å². The molecule has 0 bridgehead atoms. The molecule has 0 unspecified atom stereocenters. The first-order chi connectivity index (χ1) is 25.3. The molecule has 51 heavy (non-hydrogen) atoms. The number of benzene rings is 8. The Kier molecular flexibility index (Phi) is 6.81. The molecule has 0 saturated carbocycles. The summed E-state index contributed by atoms with van der Waals surface area (Å²) in [4.78, 5) is 0. The Bertz CT molecular complexity index is 2850. The lowest BCUT2D eigenvalue weighted by molar-refractivity contribution is 1.18. The van der Waals surface area contributed by atoms with Crippen molar-refractivity contribution in [3.05, 3.63) is 194 Å². The van der Waals surface area contributed by atoms with E-state index in [0.717, 1.165) is 17.1 Å². The van der Waals surface area contributed by atoms with E-state index in [9.17, 15) is 0 Å². The number of aromatic nitrogens is 2. The molecule has 2 heterocycles. The van der Waals surface area contributed by atoms with E-state index >= 15 is 0 Å². The first kappa shape index (κ1) is 29.1. The molecule has 0 aliphatic carbocycles. The molecule has 0 aliphatic rings. The van der Waals surface area contributed by atoms with Crippen molar-refractivity contribution in [1.29, 1.82) is 0 Å². The summed E-state index contributed by atoms with van der Waals surface area (Å²) in [6.07, 6.45) is 0. The highest BCUT2D eigenvalue weighted by molar-refractivity contribution is 6.16. The molecular weight excluding hydrogens is 619 g/mol. The van der Waals surface area contributed by atoms with Gasteiger partial charge < -0.3 is 14.5 Å². The average Bonchev–Trinajstić information content (AvgIpc) is 3.71. The zero-order chi connectivity index (χ0) is 33.7. The molecule has 10 rings (SSSR count). The number of hydrogen-bond acceptors (Lipinski definition) is 1. The fourth-order valence-corrected chi connectivity index (χ4v) is 7.78. The van der Waals surface area contributed by atoms with E-state index in [1.807, 2.05) is 0 Å². The fourth-order valence-electron chi connectivity index (χ4n) is 7.78. The van der Waals surface area contributed by atoms with Crippen LogP contribution in [0.25, 0.3) is 77.2 Å². The number of fused-ring (bicyclic) bond motifs is 6. The molecule has 240 valence electrons. The third-order valence-corrected chi connectivity index (χ3v) is 10.1. The van der Waals surface area contributed by atoms with Crippen LogP contribution in [0, 0.1) is 0 Å². The Balaban J connectivity index is 1.02. The molecule has 0 spiro atoms. The number of anilines is 2. The van der Waals surface area contributed by atoms with Crippen LogP contribution in [0.4, 0.5) is 11.4 Å². The van der Waals surface area contributed by atoms with Gasteiger partial charge in [0.1, 0.15) is 0 Å². The molecule has 0 aliphatic heterocycles. The monoisotopic (exact) mass is 651 g/mol. The van der Waals surface area contributed by atoms with Crippen molar-refractivity contribution >= 4 is 55.0 Å². The Morgan fingerprint density at radius 2 is 0.902 bits per heavy atom. The summed E-state index contributed by atoms with van der Waals surface area (Å²) in [5.41, 5.74) is 14.1. The maximum Gasteiger partial charge on any atom is 0.0561 e. The molecule has 1 N–H and O–H groups in total. The van der Waals surface area contributed by atoms with Gasteiger partial charge in [0.15, 0.2) is 0 Å². The van der Waals surface area contributed by atoms with Crippen LogP contribution in [-0.4, -0.2) is 9.13 Å². The van der Waals surface area contributed by atoms with Gasteiger partial charge in [-0.1, -0.05) is 121 Å². The van der Waals surface area contributed by atoms with E-state index in [2.05, 4.69) is 209 Å². The van der Waals surface area contributed by atoms with Crippen molar-refractivity contribution in [2.24, 2.45) is 0 Å². The predicted octanol–water partition coefficient (Wildman–Crippen LogP) is 13.0. The smallest absolute Gasteiger partial charge is 0.0561 e. The van der Waals surface area contributed by atoms with E-state index in [-0.39, 0.29) is 0 Å². The summed E-state index contributed by atoms with van der Waals surface area (Å²) < 4.78 is 4.74. The van der Waals surface area contributed by atoms with E-state index in [1.165, 1.54) is 71.6 Å². The molecule has 0 fully saturated rings. The molecule has 0 radical (unpaired) electrons. The summed E-state index contributed by atoms with van der Waals surface area (Å²) in [5, 5.41) is 8.72. The quantitative estimate of drug-likeness (QED) is 0.190. The van der Waals surface area contributed by atoms with Gasteiger partial charge in [-0.25, -0.2) is 0 Å². The summed E-state index contributed by atoms with van der Waals surface area (Å²) in [7, 11) is 0. The van der Waals surface area contributed by atoms with Crippen molar-refractivity contribution in [3.8, 4) is 33.6 Å². The van der Waals surface area contributed by atoms with Crippen molar-refractivity contribution in [2.75, 3.05) is 5.32 Å². The van der Waals surface area contributed by atoms with Crippen LogP contribution < -0.4 is 5.32 Å². The summed E-state index contributed by atoms with van der Waals surface area (Å²) in [6.45, 7) is 0. The van der Waals surface area contributed by atoms with Crippen LogP contribution in [0.3, 0.4) is 0 Å². The van der Waals surface area contributed by atoms with Crippen LogP contribution in [0.1, 0.15) is 0 Å². The molecule has 3 nitrogen and oxygen atoms in total. The second-order valence-corrected chi connectivity index (χ2v) is 13.1. The number of nitrogens with zero attached hydrogens (tertiary/aromatic N) is 2. The minimum Gasteiger partial charge on any atom is -0.355 e. The lowest BCUT2D eigenvalue weighted by Crippen LogP contribution is -1.95. The van der Waals surface area contributed by atoms with Gasteiger partial charge in [0.25, 0.3) is 0 Å². The molecular formula is C48H33N3. The van der Waals surface area contributed by atoms with E-state index in [0.29, 0.717) is 0 Å². The lowest BCUT2D eigenvalue weighted by atomic mass is 9.99. The van der Waals surface area contributed by atoms with E-state index < -0.39 is 0 Å². The SMILES string of the molecule is c1ccc(-c2cccc3c2c2ccc(Nc4ccc(-c5ccc6c(c5)c5ccccc5n6-c5ccccc5)cc4)cc2n3-c2ccccc2)cc1. The van der Waals surface area contributed by atoms with Gasteiger partial charge in [-0.15, -0.1) is 0 Å². The molecule has 10 aromatic rings. The molecule has 0 saturated heterocycles. The normalized spacial score (nSPS) is 11.5. The van der Waals surface area contributed by atoms with Crippen LogP contribution >= 0.6 is 0 Å². The summed E-state index contributed by atoms with van der Waals surface area (Å²) in [5.74, 6) is 0. The third-order valence-electron chi connectivity index (χ3n) is 10.1. The molecule has 2 aromatic heterocycles. The molecule has 3 heteroatoms. The average molecular weight is 652 g/mol. The van der Waals surface area contributed by atoms with Crippen LogP contribution in [0.15, 0.2) is 194 Å². The Morgan fingerprint density at radius 1 is 0.314 bits per heavy atom. The minimum atomic E-state index is 1.05.